The number of carbonyl (C=O) groups excluding carboxylic acids is 3. The Morgan fingerprint density at radius 1 is 0.739 bits per heavy atom. The molecule has 4 atom stereocenters. The second-order valence-electron chi connectivity index (χ2n) is 11.1. The van der Waals surface area contributed by atoms with E-state index in [0.717, 1.165) is 16.7 Å². The van der Waals surface area contributed by atoms with E-state index in [9.17, 15) is 19.2 Å². The number of nitrogens with zero attached hydrogens (tertiary/aromatic N) is 3. The number of fused-ring (bicyclic) bond motifs is 1. The average molecular weight is 623 g/mol. The van der Waals surface area contributed by atoms with Crippen LogP contribution in [0.5, 0.6) is 0 Å². The van der Waals surface area contributed by atoms with Crippen LogP contribution in [0.3, 0.4) is 0 Å². The van der Waals surface area contributed by atoms with Gasteiger partial charge < -0.3 is 23.9 Å². The van der Waals surface area contributed by atoms with Crippen molar-refractivity contribution < 1.29 is 33.3 Å². The average Bonchev–Trinajstić information content (AvgIpc) is 3.62. The Bertz CT molecular complexity index is 1950. The molecule has 2 aromatic heterocycles. The lowest BCUT2D eigenvalue weighted by molar-refractivity contribution is -0.0606. The van der Waals surface area contributed by atoms with Crippen LogP contribution in [0.2, 0.25) is 0 Å². The number of benzene rings is 3. The predicted molar refractivity (Wildman–Crippen MR) is 164 cm³/mol. The number of H-pyrrole nitrogens is 1. The van der Waals surface area contributed by atoms with Crippen molar-refractivity contribution in [2.24, 2.45) is 0 Å². The summed E-state index contributed by atoms with van der Waals surface area (Å²) in [4.78, 5) is 63.2. The lowest BCUT2D eigenvalue weighted by Gasteiger charge is -2.25. The second-order valence-corrected chi connectivity index (χ2v) is 11.1. The Kier molecular flexibility index (Phi) is 8.45. The number of imidazole rings is 1. The van der Waals surface area contributed by atoms with Gasteiger partial charge >= 0.3 is 17.9 Å². The summed E-state index contributed by atoms with van der Waals surface area (Å²) in [6, 6.07) is 20.4. The predicted octanol–water partition coefficient (Wildman–Crippen LogP) is 4.25. The SMILES string of the molecule is Cc1ccc(C(=O)OC[C@H]2O[C@@H](n3cnc4c(=O)[nH]cnc43)[C@H](OC(=O)c3ccc(C)cc3)[C@@H]2OC(=O)c2ccc(C)cc2)cc1. The normalized spacial score (nSPS) is 19.1. The molecule has 46 heavy (non-hydrogen) atoms. The summed E-state index contributed by atoms with van der Waals surface area (Å²) in [5, 5.41) is 0. The molecule has 5 aromatic rings. The number of nitrogens with one attached hydrogen (secondary N) is 1. The summed E-state index contributed by atoms with van der Waals surface area (Å²) in [5.74, 6) is -2.03. The molecule has 1 aliphatic rings. The zero-order valence-electron chi connectivity index (χ0n) is 25.2. The van der Waals surface area contributed by atoms with E-state index in [2.05, 4.69) is 15.0 Å². The molecule has 12 nitrogen and oxygen atoms in total. The number of hydrogen-bond donors (Lipinski definition) is 1. The minimum atomic E-state index is -1.27. The van der Waals surface area contributed by atoms with Crippen molar-refractivity contribution in [2.45, 2.75) is 45.3 Å². The molecule has 234 valence electrons. The second kappa shape index (κ2) is 12.8. The number of rotatable bonds is 8. The first-order valence-corrected chi connectivity index (χ1v) is 14.5. The van der Waals surface area contributed by atoms with Crippen molar-refractivity contribution in [3.63, 3.8) is 0 Å². The van der Waals surface area contributed by atoms with Crippen LogP contribution in [0.4, 0.5) is 0 Å². The van der Waals surface area contributed by atoms with Gasteiger partial charge in [0.15, 0.2) is 29.6 Å². The molecule has 12 heteroatoms. The molecule has 0 amide bonds. The van der Waals surface area contributed by atoms with E-state index in [4.69, 9.17) is 18.9 Å². The summed E-state index contributed by atoms with van der Waals surface area (Å²) in [6.07, 6.45) is -2.26. The van der Waals surface area contributed by atoms with Gasteiger partial charge in [-0.15, -0.1) is 0 Å². The maximum Gasteiger partial charge on any atom is 0.338 e. The highest BCUT2D eigenvalue weighted by Crippen LogP contribution is 2.36. The van der Waals surface area contributed by atoms with Gasteiger partial charge in [0.2, 0.25) is 0 Å². The molecule has 1 saturated heterocycles. The zero-order valence-corrected chi connectivity index (χ0v) is 25.2. The minimum absolute atomic E-state index is 0.0251. The molecule has 0 unspecified atom stereocenters. The first kappa shape index (κ1) is 30.4. The Labute approximate surface area is 262 Å². The van der Waals surface area contributed by atoms with Gasteiger partial charge in [-0.25, -0.2) is 24.4 Å². The molecule has 0 radical (unpaired) electrons. The number of aryl methyl sites for hydroxylation is 3. The van der Waals surface area contributed by atoms with Crippen LogP contribution < -0.4 is 5.56 Å². The van der Waals surface area contributed by atoms with Gasteiger partial charge in [-0.2, -0.15) is 0 Å². The molecule has 3 aromatic carbocycles. The van der Waals surface area contributed by atoms with Gasteiger partial charge in [-0.05, 0) is 57.2 Å². The molecule has 3 heterocycles. The first-order chi connectivity index (χ1) is 22.2. The third-order valence-corrected chi connectivity index (χ3v) is 7.65. The molecule has 1 fully saturated rings. The number of aromatic nitrogens is 4. The molecular formula is C34H30N4O8. The van der Waals surface area contributed by atoms with E-state index >= 15 is 0 Å². The highest BCUT2D eigenvalue weighted by atomic mass is 16.7. The summed E-state index contributed by atoms with van der Waals surface area (Å²) < 4.78 is 25.4. The molecule has 0 spiro atoms. The van der Waals surface area contributed by atoms with Crippen LogP contribution in [0.15, 0.2) is 90.2 Å². The van der Waals surface area contributed by atoms with Gasteiger partial charge in [0.05, 0.1) is 29.3 Å². The van der Waals surface area contributed by atoms with E-state index < -0.39 is 48.0 Å². The molecule has 1 N–H and O–H groups in total. The highest BCUT2D eigenvalue weighted by Gasteiger charge is 2.52. The maximum atomic E-state index is 13.5. The lowest BCUT2D eigenvalue weighted by atomic mass is 10.1. The number of ether oxygens (including phenoxy) is 4. The standard InChI is InChI=1S/C34H30N4O8/c1-19-4-10-22(11-5-19)32(40)43-16-25-27(45-33(41)23-12-6-20(2)7-13-23)28(46-34(42)24-14-8-21(3)9-15-24)31(44-25)38-18-37-26-29(38)35-17-36-30(26)39/h4-15,17-18,25,27-28,31H,16H2,1-3H3,(H,35,36,39)/t25-,27-,28-,31-/m1/s1. The van der Waals surface area contributed by atoms with E-state index in [1.807, 2.05) is 20.8 Å². The summed E-state index contributed by atoms with van der Waals surface area (Å²) in [5.41, 5.74) is 3.38. The van der Waals surface area contributed by atoms with Crippen LogP contribution in [0, 0.1) is 20.8 Å². The molecule has 0 bridgehead atoms. The Morgan fingerprint density at radius 2 is 1.24 bits per heavy atom. The quantitative estimate of drug-likeness (QED) is 0.196. The zero-order chi connectivity index (χ0) is 32.4. The topological polar surface area (TPSA) is 152 Å². The molecule has 0 aliphatic carbocycles. The fourth-order valence-corrected chi connectivity index (χ4v) is 5.08. The van der Waals surface area contributed by atoms with Gasteiger partial charge in [-0.1, -0.05) is 53.1 Å². The van der Waals surface area contributed by atoms with Crippen molar-refractivity contribution in [1.29, 1.82) is 0 Å². The lowest BCUT2D eigenvalue weighted by Crippen LogP contribution is -2.41. The molecule has 6 rings (SSSR count). The van der Waals surface area contributed by atoms with Crippen LogP contribution in [-0.4, -0.2) is 62.3 Å². The van der Waals surface area contributed by atoms with E-state index in [-0.39, 0.29) is 28.9 Å². The van der Waals surface area contributed by atoms with Crippen LogP contribution in [-0.2, 0) is 18.9 Å². The summed E-state index contributed by atoms with van der Waals surface area (Å²) in [6.45, 7) is 5.32. The third-order valence-electron chi connectivity index (χ3n) is 7.65. The van der Waals surface area contributed by atoms with Gasteiger partial charge in [-0.3, -0.25) is 9.36 Å². The van der Waals surface area contributed by atoms with Gasteiger partial charge in [0.1, 0.15) is 12.7 Å². The van der Waals surface area contributed by atoms with Crippen LogP contribution in [0.1, 0.15) is 54.0 Å². The van der Waals surface area contributed by atoms with Crippen molar-refractivity contribution in [3.05, 3.63) is 129 Å². The molecule has 1 aliphatic heterocycles. The van der Waals surface area contributed by atoms with E-state index in [1.165, 1.54) is 17.2 Å². The maximum absolute atomic E-state index is 13.5. The van der Waals surface area contributed by atoms with Gasteiger partial charge in [0.25, 0.3) is 5.56 Å². The number of esters is 3. The van der Waals surface area contributed by atoms with Gasteiger partial charge in [0, 0.05) is 0 Å². The monoisotopic (exact) mass is 622 g/mol. The Hall–Kier alpha value is -5.62. The molecular weight excluding hydrogens is 592 g/mol. The minimum Gasteiger partial charge on any atom is -0.459 e. The van der Waals surface area contributed by atoms with Crippen molar-refractivity contribution in [1.82, 2.24) is 19.5 Å². The fraction of sp³-hybridized carbons (Fsp3) is 0.235. The highest BCUT2D eigenvalue weighted by molar-refractivity contribution is 5.91. The van der Waals surface area contributed by atoms with Crippen LogP contribution in [0.25, 0.3) is 11.2 Å². The van der Waals surface area contributed by atoms with Crippen molar-refractivity contribution >= 4 is 29.1 Å². The first-order valence-electron chi connectivity index (χ1n) is 14.5. The number of hydrogen-bond acceptors (Lipinski definition) is 10. The van der Waals surface area contributed by atoms with E-state index in [0.29, 0.717) is 5.56 Å². The third kappa shape index (κ3) is 6.28. The van der Waals surface area contributed by atoms with Crippen molar-refractivity contribution in [3.8, 4) is 0 Å². The summed E-state index contributed by atoms with van der Waals surface area (Å²) in [7, 11) is 0. The number of aromatic amines is 1. The largest absolute Gasteiger partial charge is 0.459 e. The van der Waals surface area contributed by atoms with Crippen LogP contribution >= 0.6 is 0 Å². The number of carbonyl (C=O) groups is 3. The smallest absolute Gasteiger partial charge is 0.338 e. The fourth-order valence-electron chi connectivity index (χ4n) is 5.08. The van der Waals surface area contributed by atoms with E-state index in [1.54, 1.807) is 72.8 Å². The van der Waals surface area contributed by atoms with Crippen molar-refractivity contribution in [2.75, 3.05) is 6.61 Å². The Morgan fingerprint density at radius 3 is 1.78 bits per heavy atom. The summed E-state index contributed by atoms with van der Waals surface area (Å²) >= 11 is 0. The molecule has 0 saturated carbocycles. The Balaban J connectivity index is 1.37.